The highest BCUT2D eigenvalue weighted by atomic mass is 16.6. The first-order chi connectivity index (χ1) is 13.0. The third-order valence-electron chi connectivity index (χ3n) is 4.36. The summed E-state index contributed by atoms with van der Waals surface area (Å²) < 4.78 is 16.0. The standard InChI is InChI=1S/C21H34O6/c1-3-10-19(22)25-15-9-8-14-18(27-20(23)11-4-2)16-21(24)26-17-12-6-5-7-13-17/h8-9,17-18H,3-7,10-16H2,1-2H3. The highest BCUT2D eigenvalue weighted by Crippen LogP contribution is 2.21. The maximum absolute atomic E-state index is 12.2. The SMILES string of the molecule is CCCC(=O)OCC=CCC(CC(=O)OC1CCCCC1)OC(=O)CCC. The molecule has 1 fully saturated rings. The zero-order chi connectivity index (χ0) is 19.9. The molecule has 6 nitrogen and oxygen atoms in total. The molecule has 6 heteroatoms. The maximum atomic E-state index is 12.2. The molecule has 1 atom stereocenters. The molecule has 0 aliphatic heterocycles. The van der Waals surface area contributed by atoms with Gasteiger partial charge in [0.15, 0.2) is 0 Å². The van der Waals surface area contributed by atoms with Crippen molar-refractivity contribution in [2.45, 2.75) is 96.7 Å². The van der Waals surface area contributed by atoms with Gasteiger partial charge < -0.3 is 14.2 Å². The van der Waals surface area contributed by atoms with Crippen LogP contribution in [-0.4, -0.2) is 36.7 Å². The summed E-state index contributed by atoms with van der Waals surface area (Å²) in [4.78, 5) is 35.3. The van der Waals surface area contributed by atoms with Crippen molar-refractivity contribution in [3.63, 3.8) is 0 Å². The van der Waals surface area contributed by atoms with Crippen molar-refractivity contribution in [1.29, 1.82) is 0 Å². The average molecular weight is 382 g/mol. The first-order valence-corrected chi connectivity index (χ1v) is 10.2. The lowest BCUT2D eigenvalue weighted by Gasteiger charge is -2.23. The van der Waals surface area contributed by atoms with E-state index in [1.54, 1.807) is 12.2 Å². The lowest BCUT2D eigenvalue weighted by Crippen LogP contribution is -2.26. The van der Waals surface area contributed by atoms with E-state index in [0.717, 1.165) is 32.1 Å². The monoisotopic (exact) mass is 382 g/mol. The van der Waals surface area contributed by atoms with Crippen LogP contribution >= 0.6 is 0 Å². The molecule has 0 aromatic heterocycles. The second kappa shape index (κ2) is 14.2. The number of carbonyl (C=O) groups is 3. The molecule has 154 valence electrons. The summed E-state index contributed by atoms with van der Waals surface area (Å²) >= 11 is 0. The molecule has 0 saturated heterocycles. The highest BCUT2D eigenvalue weighted by molar-refractivity contribution is 5.72. The van der Waals surface area contributed by atoms with Crippen molar-refractivity contribution < 1.29 is 28.6 Å². The van der Waals surface area contributed by atoms with E-state index in [9.17, 15) is 14.4 Å². The largest absolute Gasteiger partial charge is 0.462 e. The minimum Gasteiger partial charge on any atom is -0.462 e. The number of carbonyl (C=O) groups excluding carboxylic acids is 3. The third kappa shape index (κ3) is 11.5. The van der Waals surface area contributed by atoms with Crippen molar-refractivity contribution in [3.8, 4) is 0 Å². The predicted molar refractivity (Wildman–Crippen MR) is 102 cm³/mol. The Hall–Kier alpha value is -1.85. The van der Waals surface area contributed by atoms with Crippen molar-refractivity contribution >= 4 is 17.9 Å². The van der Waals surface area contributed by atoms with Crippen LogP contribution in [0.25, 0.3) is 0 Å². The Morgan fingerprint density at radius 3 is 2.26 bits per heavy atom. The van der Waals surface area contributed by atoms with Gasteiger partial charge in [-0.05, 0) is 38.5 Å². The van der Waals surface area contributed by atoms with Gasteiger partial charge in [0.1, 0.15) is 18.8 Å². The molecule has 1 unspecified atom stereocenters. The molecule has 0 radical (unpaired) electrons. The number of rotatable bonds is 12. The second-order valence-corrected chi connectivity index (χ2v) is 6.96. The molecule has 1 aliphatic rings. The van der Waals surface area contributed by atoms with Gasteiger partial charge in [0.2, 0.25) is 0 Å². The van der Waals surface area contributed by atoms with Crippen molar-refractivity contribution in [2.24, 2.45) is 0 Å². The van der Waals surface area contributed by atoms with Gasteiger partial charge in [0, 0.05) is 19.3 Å². The molecule has 1 saturated carbocycles. The van der Waals surface area contributed by atoms with Gasteiger partial charge in [0.05, 0.1) is 6.42 Å². The Balaban J connectivity index is 2.44. The first kappa shape index (κ1) is 23.2. The van der Waals surface area contributed by atoms with Gasteiger partial charge in [-0.2, -0.15) is 0 Å². The van der Waals surface area contributed by atoms with Gasteiger partial charge in [-0.15, -0.1) is 0 Å². The molecular weight excluding hydrogens is 348 g/mol. The number of ether oxygens (including phenoxy) is 3. The van der Waals surface area contributed by atoms with Gasteiger partial charge >= 0.3 is 17.9 Å². The fourth-order valence-corrected chi connectivity index (χ4v) is 2.96. The van der Waals surface area contributed by atoms with Crippen LogP contribution in [0.3, 0.4) is 0 Å². The van der Waals surface area contributed by atoms with E-state index in [1.165, 1.54) is 6.42 Å². The number of hydrogen-bond acceptors (Lipinski definition) is 6. The topological polar surface area (TPSA) is 78.9 Å². The fourth-order valence-electron chi connectivity index (χ4n) is 2.96. The van der Waals surface area contributed by atoms with Crippen LogP contribution in [0, 0.1) is 0 Å². The molecule has 0 amide bonds. The molecule has 0 heterocycles. The van der Waals surface area contributed by atoms with E-state index < -0.39 is 6.10 Å². The zero-order valence-electron chi connectivity index (χ0n) is 16.7. The van der Waals surface area contributed by atoms with E-state index in [-0.39, 0.29) is 37.0 Å². The Morgan fingerprint density at radius 1 is 0.926 bits per heavy atom. The summed E-state index contributed by atoms with van der Waals surface area (Å²) in [5.74, 6) is -0.862. The first-order valence-electron chi connectivity index (χ1n) is 10.2. The van der Waals surface area contributed by atoms with Crippen molar-refractivity contribution in [1.82, 2.24) is 0 Å². The highest BCUT2D eigenvalue weighted by Gasteiger charge is 2.22. The quantitative estimate of drug-likeness (QED) is 0.285. The minimum absolute atomic E-state index is 0.00763. The van der Waals surface area contributed by atoms with E-state index in [2.05, 4.69) is 0 Å². The Kier molecular flexibility index (Phi) is 12.2. The van der Waals surface area contributed by atoms with E-state index >= 15 is 0 Å². The molecular formula is C21H34O6. The number of hydrogen-bond donors (Lipinski definition) is 0. The van der Waals surface area contributed by atoms with E-state index in [4.69, 9.17) is 14.2 Å². The Labute approximate surface area is 162 Å². The van der Waals surface area contributed by atoms with Gasteiger partial charge in [-0.25, -0.2) is 0 Å². The normalized spacial score (nSPS) is 16.1. The van der Waals surface area contributed by atoms with Crippen LogP contribution in [0.1, 0.15) is 84.5 Å². The molecule has 1 aliphatic carbocycles. The second-order valence-electron chi connectivity index (χ2n) is 6.96. The lowest BCUT2D eigenvalue weighted by molar-refractivity contribution is -0.158. The summed E-state index contributed by atoms with van der Waals surface area (Å²) in [7, 11) is 0. The van der Waals surface area contributed by atoms with E-state index in [1.807, 2.05) is 13.8 Å². The van der Waals surface area contributed by atoms with Crippen LogP contribution in [0.15, 0.2) is 12.2 Å². The molecule has 0 N–H and O–H groups in total. The summed E-state index contributed by atoms with van der Waals surface area (Å²) in [5.41, 5.74) is 0. The van der Waals surface area contributed by atoms with Crippen LogP contribution in [0.5, 0.6) is 0 Å². The van der Waals surface area contributed by atoms with Gasteiger partial charge in [0.25, 0.3) is 0 Å². The van der Waals surface area contributed by atoms with Crippen molar-refractivity contribution in [3.05, 3.63) is 12.2 Å². The van der Waals surface area contributed by atoms with E-state index in [0.29, 0.717) is 25.7 Å². The molecule has 0 aromatic carbocycles. The smallest absolute Gasteiger partial charge is 0.309 e. The number of esters is 3. The summed E-state index contributed by atoms with van der Waals surface area (Å²) in [6.07, 6.45) is 10.7. The Bertz CT molecular complexity index is 479. The molecule has 0 spiro atoms. The molecule has 27 heavy (non-hydrogen) atoms. The van der Waals surface area contributed by atoms with Crippen LogP contribution in [-0.2, 0) is 28.6 Å². The van der Waals surface area contributed by atoms with Gasteiger partial charge in [-0.1, -0.05) is 32.4 Å². The third-order valence-corrected chi connectivity index (χ3v) is 4.36. The summed E-state index contributed by atoms with van der Waals surface area (Å²) in [6.45, 7) is 4.00. The minimum atomic E-state index is -0.553. The van der Waals surface area contributed by atoms with Crippen LogP contribution in [0.2, 0.25) is 0 Å². The van der Waals surface area contributed by atoms with Gasteiger partial charge in [-0.3, -0.25) is 14.4 Å². The lowest BCUT2D eigenvalue weighted by atomic mass is 9.98. The average Bonchev–Trinajstić information content (AvgIpc) is 2.62. The summed E-state index contributed by atoms with van der Waals surface area (Å²) in [6, 6.07) is 0. The maximum Gasteiger partial charge on any atom is 0.309 e. The molecule has 0 bridgehead atoms. The summed E-state index contributed by atoms with van der Waals surface area (Å²) in [5, 5.41) is 0. The van der Waals surface area contributed by atoms with Crippen LogP contribution in [0.4, 0.5) is 0 Å². The predicted octanol–water partition coefficient (Wildman–Crippen LogP) is 4.25. The molecule has 0 aromatic rings. The molecule has 1 rings (SSSR count). The van der Waals surface area contributed by atoms with Crippen LogP contribution < -0.4 is 0 Å². The zero-order valence-corrected chi connectivity index (χ0v) is 16.7. The Morgan fingerprint density at radius 2 is 1.59 bits per heavy atom. The fraction of sp³-hybridized carbons (Fsp3) is 0.762. The van der Waals surface area contributed by atoms with Crippen molar-refractivity contribution in [2.75, 3.05) is 6.61 Å².